The van der Waals surface area contributed by atoms with Crippen molar-refractivity contribution in [2.75, 3.05) is 37.6 Å². The predicted molar refractivity (Wildman–Crippen MR) is 134 cm³/mol. The molecule has 3 aromatic rings. The number of nitrogens with two attached hydrogens (primary N) is 1. The number of primary amides is 1. The van der Waals surface area contributed by atoms with Crippen molar-refractivity contribution in [2.24, 2.45) is 5.73 Å². The maximum absolute atomic E-state index is 12.7. The number of rotatable bonds is 5. The number of hydrogen-bond acceptors (Lipinski definition) is 7. The summed E-state index contributed by atoms with van der Waals surface area (Å²) in [5.41, 5.74) is 7.17. The van der Waals surface area contributed by atoms with E-state index in [1.54, 1.807) is 23.0 Å². The molecule has 0 bridgehead atoms. The molecule has 184 valence electrons. The minimum absolute atomic E-state index is 0.0514. The third-order valence-electron chi connectivity index (χ3n) is 6.68. The Hall–Kier alpha value is -2.95. The van der Waals surface area contributed by atoms with Gasteiger partial charge in [-0.25, -0.2) is 14.6 Å². The first kappa shape index (κ1) is 23.8. The second-order valence-corrected chi connectivity index (χ2v) is 9.70. The molecule has 1 aromatic carbocycles. The highest BCUT2D eigenvalue weighted by molar-refractivity contribution is 6.35. The number of carbonyl (C=O) groups is 2. The quantitative estimate of drug-likeness (QED) is 0.532. The van der Waals surface area contributed by atoms with Crippen LogP contribution in [0, 0.1) is 0 Å². The largest absolute Gasteiger partial charge is 0.364 e. The van der Waals surface area contributed by atoms with Crippen molar-refractivity contribution >= 4 is 52.0 Å². The van der Waals surface area contributed by atoms with E-state index in [1.165, 1.54) is 0 Å². The lowest BCUT2D eigenvalue weighted by molar-refractivity contribution is -0.133. The summed E-state index contributed by atoms with van der Waals surface area (Å²) in [7, 11) is 0. The van der Waals surface area contributed by atoms with Gasteiger partial charge in [-0.2, -0.15) is 5.10 Å². The van der Waals surface area contributed by atoms with E-state index in [0.29, 0.717) is 53.2 Å². The first-order chi connectivity index (χ1) is 16.8. The van der Waals surface area contributed by atoms with Crippen molar-refractivity contribution in [2.45, 2.75) is 31.8 Å². The normalized spacial score (nSPS) is 19.3. The average Bonchev–Trinajstić information content (AvgIpc) is 3.51. The Morgan fingerprint density at radius 3 is 2.63 bits per heavy atom. The van der Waals surface area contributed by atoms with E-state index in [0.717, 1.165) is 24.9 Å². The van der Waals surface area contributed by atoms with Gasteiger partial charge in [0.2, 0.25) is 5.91 Å². The van der Waals surface area contributed by atoms with Crippen LogP contribution in [-0.2, 0) is 4.79 Å². The van der Waals surface area contributed by atoms with Crippen molar-refractivity contribution in [3.8, 4) is 0 Å². The molecule has 2 saturated heterocycles. The summed E-state index contributed by atoms with van der Waals surface area (Å²) in [6.45, 7) is 5.29. The smallest absolute Gasteiger partial charge is 0.271 e. The Balaban J connectivity index is 1.43. The molecule has 5 rings (SSSR count). The number of anilines is 1. The highest BCUT2D eigenvalue weighted by Gasteiger charge is 2.30. The molecular weight excluding hydrogens is 491 g/mol. The maximum atomic E-state index is 12.7. The standard InChI is InChI=1S/C23H26Cl2N8O2/c1-13(15-5-4-14(24)11-16(15)25)33-22-20(19(30-33)21(26)34)28-12-18(29-22)31-7-9-32(10-8-31)23(35)17-3-2-6-27-17/h4-5,11-13,17,27H,2-3,6-10H2,1H3,(H2,26,34)/t13-,17?/m0/s1. The van der Waals surface area contributed by atoms with E-state index in [2.05, 4.69) is 20.3 Å². The third kappa shape index (κ3) is 4.53. The molecule has 2 fully saturated rings. The molecule has 2 aromatic heterocycles. The number of carbonyl (C=O) groups excluding carboxylic acids is 2. The molecule has 2 aliphatic rings. The zero-order valence-electron chi connectivity index (χ0n) is 19.2. The Morgan fingerprint density at radius 1 is 1.20 bits per heavy atom. The molecule has 4 heterocycles. The number of nitrogens with zero attached hydrogens (tertiary/aromatic N) is 6. The van der Waals surface area contributed by atoms with Gasteiger partial charge in [0, 0.05) is 36.2 Å². The molecule has 2 aliphatic heterocycles. The molecule has 0 aliphatic carbocycles. The zero-order chi connectivity index (χ0) is 24.7. The summed E-state index contributed by atoms with van der Waals surface area (Å²) < 4.78 is 1.62. The Bertz CT molecular complexity index is 1280. The summed E-state index contributed by atoms with van der Waals surface area (Å²) in [5, 5.41) is 8.72. The van der Waals surface area contributed by atoms with E-state index < -0.39 is 5.91 Å². The van der Waals surface area contributed by atoms with E-state index in [9.17, 15) is 9.59 Å². The van der Waals surface area contributed by atoms with E-state index in [4.69, 9.17) is 33.9 Å². The lowest BCUT2D eigenvalue weighted by atomic mass is 10.1. The van der Waals surface area contributed by atoms with Crippen molar-refractivity contribution in [1.29, 1.82) is 0 Å². The lowest BCUT2D eigenvalue weighted by Gasteiger charge is -2.36. The number of benzene rings is 1. The Kier molecular flexibility index (Phi) is 6.52. The SMILES string of the molecule is C[C@@H](c1ccc(Cl)cc1Cl)n1nc(C(N)=O)c2ncc(N3CCN(C(=O)C4CCCN4)CC3)nc21. The number of nitrogens with one attached hydrogen (secondary N) is 1. The van der Waals surface area contributed by atoms with E-state index >= 15 is 0 Å². The Morgan fingerprint density at radius 2 is 1.97 bits per heavy atom. The van der Waals surface area contributed by atoms with E-state index in [-0.39, 0.29) is 23.7 Å². The third-order valence-corrected chi connectivity index (χ3v) is 7.24. The molecule has 12 heteroatoms. The number of amides is 2. The van der Waals surface area contributed by atoms with Crippen LogP contribution in [0.2, 0.25) is 10.0 Å². The second kappa shape index (κ2) is 9.60. The van der Waals surface area contributed by atoms with Gasteiger partial charge >= 0.3 is 0 Å². The fraction of sp³-hybridized carbons (Fsp3) is 0.435. The fourth-order valence-corrected chi connectivity index (χ4v) is 5.30. The number of aromatic nitrogens is 4. The number of hydrogen-bond donors (Lipinski definition) is 2. The number of halogens is 2. The first-order valence-electron chi connectivity index (χ1n) is 11.6. The van der Waals surface area contributed by atoms with Gasteiger partial charge in [-0.05, 0) is 44.0 Å². The van der Waals surface area contributed by atoms with Crippen molar-refractivity contribution in [3.05, 3.63) is 45.7 Å². The average molecular weight is 517 g/mol. The summed E-state index contributed by atoms with van der Waals surface area (Å²) in [6.07, 6.45) is 3.55. The van der Waals surface area contributed by atoms with Gasteiger partial charge in [-0.1, -0.05) is 29.3 Å². The molecular formula is C23H26Cl2N8O2. The van der Waals surface area contributed by atoms with Crippen LogP contribution in [0.25, 0.3) is 11.2 Å². The Labute approximate surface area is 212 Å². The fourth-order valence-electron chi connectivity index (χ4n) is 4.73. The van der Waals surface area contributed by atoms with Gasteiger partial charge in [0.1, 0.15) is 11.3 Å². The molecule has 1 unspecified atom stereocenters. The number of piperazine rings is 1. The van der Waals surface area contributed by atoms with Crippen LogP contribution in [0.4, 0.5) is 5.82 Å². The minimum atomic E-state index is -0.683. The van der Waals surface area contributed by atoms with Crippen LogP contribution in [-0.4, -0.2) is 75.2 Å². The predicted octanol–water partition coefficient (Wildman–Crippen LogP) is 2.24. The highest BCUT2D eigenvalue weighted by Crippen LogP contribution is 2.31. The van der Waals surface area contributed by atoms with Crippen molar-refractivity contribution < 1.29 is 9.59 Å². The van der Waals surface area contributed by atoms with Crippen LogP contribution >= 0.6 is 23.2 Å². The molecule has 3 N–H and O–H groups in total. The topological polar surface area (TPSA) is 122 Å². The van der Waals surface area contributed by atoms with Crippen LogP contribution in [0.5, 0.6) is 0 Å². The van der Waals surface area contributed by atoms with E-state index in [1.807, 2.05) is 17.9 Å². The van der Waals surface area contributed by atoms with Gasteiger partial charge in [0.15, 0.2) is 11.3 Å². The van der Waals surface area contributed by atoms with Gasteiger partial charge in [-0.3, -0.25) is 9.59 Å². The highest BCUT2D eigenvalue weighted by atomic mass is 35.5. The molecule has 35 heavy (non-hydrogen) atoms. The molecule has 2 amide bonds. The van der Waals surface area contributed by atoms with Crippen molar-refractivity contribution in [3.63, 3.8) is 0 Å². The monoisotopic (exact) mass is 516 g/mol. The summed E-state index contributed by atoms with van der Waals surface area (Å²) >= 11 is 12.5. The zero-order valence-corrected chi connectivity index (χ0v) is 20.8. The van der Waals surface area contributed by atoms with Crippen LogP contribution in [0.15, 0.2) is 24.4 Å². The lowest BCUT2D eigenvalue weighted by Crippen LogP contribution is -2.53. The number of fused-ring (bicyclic) bond motifs is 1. The summed E-state index contributed by atoms with van der Waals surface area (Å²) in [6, 6.07) is 4.81. The van der Waals surface area contributed by atoms with Crippen molar-refractivity contribution in [1.82, 2.24) is 30.0 Å². The summed E-state index contributed by atoms with van der Waals surface area (Å²) in [5.74, 6) is 0.134. The summed E-state index contributed by atoms with van der Waals surface area (Å²) in [4.78, 5) is 38.1. The van der Waals surface area contributed by atoms with Crippen LogP contribution < -0.4 is 16.0 Å². The van der Waals surface area contributed by atoms with Gasteiger partial charge in [-0.15, -0.1) is 0 Å². The minimum Gasteiger partial charge on any atom is -0.364 e. The van der Waals surface area contributed by atoms with Crippen LogP contribution in [0.3, 0.4) is 0 Å². The van der Waals surface area contributed by atoms with Gasteiger partial charge in [0.25, 0.3) is 5.91 Å². The first-order valence-corrected chi connectivity index (χ1v) is 12.4. The molecule has 10 nitrogen and oxygen atoms in total. The molecule has 2 atom stereocenters. The van der Waals surface area contributed by atoms with Gasteiger partial charge in [0.05, 0.1) is 18.3 Å². The molecule has 0 spiro atoms. The molecule has 0 radical (unpaired) electrons. The van der Waals surface area contributed by atoms with Crippen LogP contribution in [0.1, 0.15) is 41.9 Å². The second-order valence-electron chi connectivity index (χ2n) is 8.86. The molecule has 0 saturated carbocycles. The maximum Gasteiger partial charge on any atom is 0.271 e. The van der Waals surface area contributed by atoms with Gasteiger partial charge < -0.3 is 20.9 Å².